The molecule has 0 aliphatic rings. The molecule has 0 aromatic heterocycles. The Kier molecular flexibility index (Phi) is 6.61. The first-order valence-corrected chi connectivity index (χ1v) is 7.66. The quantitative estimate of drug-likeness (QED) is 0.518. The summed E-state index contributed by atoms with van der Waals surface area (Å²) in [6.45, 7) is 4.44. The number of rotatable bonds is 8. The van der Waals surface area contributed by atoms with E-state index in [4.69, 9.17) is 0 Å². The lowest BCUT2D eigenvalue weighted by Gasteiger charge is -2.08. The Balaban J connectivity index is 1.78. The van der Waals surface area contributed by atoms with Crippen molar-refractivity contribution in [3.63, 3.8) is 0 Å². The number of hydrazine groups is 1. The third-order valence-corrected chi connectivity index (χ3v) is 3.29. The van der Waals surface area contributed by atoms with Gasteiger partial charge >= 0.3 is 0 Å². The minimum absolute atomic E-state index is 0.0998. The molecule has 0 unspecified atom stereocenters. The van der Waals surface area contributed by atoms with Gasteiger partial charge in [0.05, 0.1) is 0 Å². The van der Waals surface area contributed by atoms with E-state index in [1.54, 1.807) is 0 Å². The highest BCUT2D eigenvalue weighted by Gasteiger charge is 2.04. The van der Waals surface area contributed by atoms with Gasteiger partial charge in [0.15, 0.2) is 0 Å². The van der Waals surface area contributed by atoms with Crippen molar-refractivity contribution in [2.24, 2.45) is 0 Å². The van der Waals surface area contributed by atoms with Crippen LogP contribution in [0.25, 0.3) is 0 Å². The molecule has 22 heavy (non-hydrogen) atoms. The van der Waals surface area contributed by atoms with Gasteiger partial charge in [0, 0.05) is 25.2 Å². The summed E-state index contributed by atoms with van der Waals surface area (Å²) in [5.74, 6) is -0.0998. The van der Waals surface area contributed by atoms with E-state index >= 15 is 0 Å². The molecule has 0 spiro atoms. The summed E-state index contributed by atoms with van der Waals surface area (Å²) in [5, 5.41) is 3.40. The standard InChI is InChI=1S/C18H23N3O/c1-2-12-20-21-18(22)17-10-8-16(9-11-17)14-19-13-15-6-4-3-5-7-15/h3-11,19-20H,2,12-14H2,1H3,(H,21,22). The Bertz CT molecular complexity index is 567. The molecule has 0 atom stereocenters. The molecule has 0 saturated carbocycles. The lowest BCUT2D eigenvalue weighted by molar-refractivity contribution is 0.0933. The molecule has 0 radical (unpaired) electrons. The molecule has 2 aromatic carbocycles. The molecule has 1 amide bonds. The second-order valence-corrected chi connectivity index (χ2v) is 5.17. The molecule has 4 nitrogen and oxygen atoms in total. The van der Waals surface area contributed by atoms with Crippen molar-refractivity contribution in [3.05, 3.63) is 71.3 Å². The van der Waals surface area contributed by atoms with Crippen LogP contribution in [0.4, 0.5) is 0 Å². The summed E-state index contributed by atoms with van der Waals surface area (Å²) < 4.78 is 0. The smallest absolute Gasteiger partial charge is 0.265 e. The van der Waals surface area contributed by atoms with Gasteiger partial charge in [0.25, 0.3) is 5.91 Å². The van der Waals surface area contributed by atoms with Gasteiger partial charge < -0.3 is 5.32 Å². The highest BCUT2D eigenvalue weighted by atomic mass is 16.2. The van der Waals surface area contributed by atoms with Crippen LogP contribution in [-0.4, -0.2) is 12.5 Å². The highest BCUT2D eigenvalue weighted by Crippen LogP contribution is 2.05. The maximum absolute atomic E-state index is 11.8. The van der Waals surface area contributed by atoms with Crippen molar-refractivity contribution in [1.29, 1.82) is 0 Å². The molecule has 116 valence electrons. The molecule has 0 aliphatic heterocycles. The fourth-order valence-corrected chi connectivity index (χ4v) is 2.06. The van der Waals surface area contributed by atoms with Crippen molar-refractivity contribution in [2.75, 3.05) is 6.54 Å². The maximum Gasteiger partial charge on any atom is 0.265 e. The molecule has 0 aliphatic carbocycles. The topological polar surface area (TPSA) is 53.2 Å². The Labute approximate surface area is 131 Å². The fourth-order valence-electron chi connectivity index (χ4n) is 2.06. The predicted octanol–water partition coefficient (Wildman–Crippen LogP) is 2.62. The number of amides is 1. The molecule has 4 heteroatoms. The number of hydrogen-bond donors (Lipinski definition) is 3. The van der Waals surface area contributed by atoms with Gasteiger partial charge in [-0.3, -0.25) is 10.2 Å². The molecule has 0 saturated heterocycles. The van der Waals surface area contributed by atoms with Crippen LogP contribution in [0.5, 0.6) is 0 Å². The summed E-state index contributed by atoms with van der Waals surface area (Å²) in [4.78, 5) is 11.8. The minimum atomic E-state index is -0.0998. The van der Waals surface area contributed by atoms with E-state index in [1.165, 1.54) is 5.56 Å². The summed E-state index contributed by atoms with van der Waals surface area (Å²) in [7, 11) is 0. The third-order valence-electron chi connectivity index (χ3n) is 3.29. The predicted molar refractivity (Wildman–Crippen MR) is 89.2 cm³/mol. The fraction of sp³-hybridized carbons (Fsp3) is 0.278. The van der Waals surface area contributed by atoms with E-state index in [2.05, 4.69) is 35.2 Å². The SMILES string of the molecule is CCCNNC(=O)c1ccc(CNCc2ccccc2)cc1. The van der Waals surface area contributed by atoms with E-state index in [1.807, 2.05) is 42.5 Å². The van der Waals surface area contributed by atoms with Gasteiger partial charge in [-0.05, 0) is 29.7 Å². The summed E-state index contributed by atoms with van der Waals surface area (Å²) >= 11 is 0. The van der Waals surface area contributed by atoms with E-state index in [0.717, 1.165) is 31.6 Å². The van der Waals surface area contributed by atoms with E-state index in [9.17, 15) is 4.79 Å². The van der Waals surface area contributed by atoms with Gasteiger partial charge in [-0.2, -0.15) is 0 Å². The largest absolute Gasteiger partial charge is 0.309 e. The summed E-state index contributed by atoms with van der Waals surface area (Å²) in [6, 6.07) is 18.0. The zero-order valence-electron chi connectivity index (χ0n) is 12.9. The minimum Gasteiger partial charge on any atom is -0.309 e. The van der Waals surface area contributed by atoms with E-state index in [-0.39, 0.29) is 5.91 Å². The van der Waals surface area contributed by atoms with Gasteiger partial charge in [0.1, 0.15) is 0 Å². The number of nitrogens with one attached hydrogen (secondary N) is 3. The average molecular weight is 297 g/mol. The molecular formula is C18H23N3O. The van der Waals surface area contributed by atoms with Crippen LogP contribution in [0, 0.1) is 0 Å². The lowest BCUT2D eigenvalue weighted by atomic mass is 10.1. The van der Waals surface area contributed by atoms with Crippen molar-refractivity contribution < 1.29 is 4.79 Å². The van der Waals surface area contributed by atoms with Gasteiger partial charge in [-0.25, -0.2) is 5.43 Å². The second kappa shape index (κ2) is 8.97. The third kappa shape index (κ3) is 5.31. The van der Waals surface area contributed by atoms with Crippen LogP contribution in [0.3, 0.4) is 0 Å². The maximum atomic E-state index is 11.8. The Morgan fingerprint density at radius 1 is 0.909 bits per heavy atom. The summed E-state index contributed by atoms with van der Waals surface area (Å²) in [5.41, 5.74) is 8.66. The first-order chi connectivity index (χ1) is 10.8. The number of hydrogen-bond acceptors (Lipinski definition) is 3. The average Bonchev–Trinajstić information content (AvgIpc) is 2.56. The molecule has 0 heterocycles. The zero-order valence-corrected chi connectivity index (χ0v) is 12.9. The normalized spacial score (nSPS) is 10.4. The van der Waals surface area contributed by atoms with Crippen LogP contribution >= 0.6 is 0 Å². The molecule has 2 aromatic rings. The lowest BCUT2D eigenvalue weighted by Crippen LogP contribution is -2.37. The van der Waals surface area contributed by atoms with Crippen molar-refractivity contribution in [2.45, 2.75) is 26.4 Å². The number of carbonyl (C=O) groups is 1. The molecule has 3 N–H and O–H groups in total. The van der Waals surface area contributed by atoms with Crippen LogP contribution in [0.15, 0.2) is 54.6 Å². The van der Waals surface area contributed by atoms with Crippen LogP contribution < -0.4 is 16.2 Å². The Morgan fingerprint density at radius 2 is 1.55 bits per heavy atom. The summed E-state index contributed by atoms with van der Waals surface area (Å²) in [6.07, 6.45) is 0.978. The van der Waals surface area contributed by atoms with Gasteiger partial charge in [0.2, 0.25) is 0 Å². The van der Waals surface area contributed by atoms with Crippen LogP contribution in [-0.2, 0) is 13.1 Å². The highest BCUT2D eigenvalue weighted by molar-refractivity contribution is 5.93. The van der Waals surface area contributed by atoms with E-state index in [0.29, 0.717) is 5.56 Å². The zero-order chi connectivity index (χ0) is 15.6. The monoisotopic (exact) mass is 297 g/mol. The van der Waals surface area contributed by atoms with Crippen molar-refractivity contribution in [3.8, 4) is 0 Å². The molecule has 0 bridgehead atoms. The second-order valence-electron chi connectivity index (χ2n) is 5.17. The van der Waals surface area contributed by atoms with Crippen LogP contribution in [0.2, 0.25) is 0 Å². The number of carbonyl (C=O) groups excluding carboxylic acids is 1. The van der Waals surface area contributed by atoms with Gasteiger partial charge in [-0.15, -0.1) is 0 Å². The molecule has 0 fully saturated rings. The van der Waals surface area contributed by atoms with Crippen molar-refractivity contribution in [1.82, 2.24) is 16.2 Å². The molecule has 2 rings (SSSR count). The van der Waals surface area contributed by atoms with Crippen molar-refractivity contribution >= 4 is 5.91 Å². The first kappa shape index (κ1) is 16.2. The first-order valence-electron chi connectivity index (χ1n) is 7.66. The van der Waals surface area contributed by atoms with Gasteiger partial charge in [-0.1, -0.05) is 49.4 Å². The van der Waals surface area contributed by atoms with Crippen LogP contribution in [0.1, 0.15) is 34.8 Å². The Hall–Kier alpha value is -2.17. The van der Waals surface area contributed by atoms with E-state index < -0.39 is 0 Å². The number of benzene rings is 2. The molecular weight excluding hydrogens is 274 g/mol. The Morgan fingerprint density at radius 3 is 2.18 bits per heavy atom.